The molecule has 2 rings (SSSR count). The predicted molar refractivity (Wildman–Crippen MR) is 100 cm³/mol. The first-order valence-corrected chi connectivity index (χ1v) is 10.3. The van der Waals surface area contributed by atoms with Crippen LogP contribution in [0.5, 0.6) is 0 Å². The quantitative estimate of drug-likeness (QED) is 0.814. The van der Waals surface area contributed by atoms with Crippen LogP contribution in [0, 0.1) is 5.92 Å². The summed E-state index contributed by atoms with van der Waals surface area (Å²) in [5, 5.41) is 3.05. The van der Waals surface area contributed by atoms with E-state index in [1.807, 2.05) is 0 Å². The van der Waals surface area contributed by atoms with Crippen molar-refractivity contribution in [2.24, 2.45) is 5.92 Å². The van der Waals surface area contributed by atoms with Crippen LogP contribution < -0.4 is 5.32 Å². The van der Waals surface area contributed by atoms with Gasteiger partial charge in [0.1, 0.15) is 0 Å². The average Bonchev–Trinajstić information content (AvgIpc) is 2.55. The third kappa shape index (κ3) is 5.41. The molecule has 140 valence electrons. The lowest BCUT2D eigenvalue weighted by atomic mass is 10.0. The van der Waals surface area contributed by atoms with Gasteiger partial charge in [0.25, 0.3) is 0 Å². The fourth-order valence-electron chi connectivity index (χ4n) is 2.93. The summed E-state index contributed by atoms with van der Waals surface area (Å²) in [4.78, 5) is 14.6. The smallest absolute Gasteiger partial charge is 0.242 e. The summed E-state index contributed by atoms with van der Waals surface area (Å²) in [6, 6.07) is 4.32. The SMILES string of the molecule is CC1CCCN(CCC(=O)Nc2cc(S(=O)(=O)N(C)C)ccc2Cl)C1. The van der Waals surface area contributed by atoms with Crippen LogP contribution in [0.2, 0.25) is 5.02 Å². The molecule has 1 saturated heterocycles. The molecule has 1 unspecified atom stereocenters. The van der Waals surface area contributed by atoms with E-state index in [-0.39, 0.29) is 10.8 Å². The number of piperidine rings is 1. The van der Waals surface area contributed by atoms with Crippen molar-refractivity contribution in [2.45, 2.75) is 31.1 Å². The highest BCUT2D eigenvalue weighted by Crippen LogP contribution is 2.26. The van der Waals surface area contributed by atoms with E-state index in [9.17, 15) is 13.2 Å². The summed E-state index contributed by atoms with van der Waals surface area (Å²) in [5.74, 6) is 0.499. The highest BCUT2D eigenvalue weighted by Gasteiger charge is 2.20. The van der Waals surface area contributed by atoms with E-state index in [2.05, 4.69) is 17.1 Å². The molecular formula is C17H26ClN3O3S. The van der Waals surface area contributed by atoms with Crippen LogP contribution in [-0.4, -0.2) is 57.3 Å². The molecule has 0 aliphatic carbocycles. The lowest BCUT2D eigenvalue weighted by molar-refractivity contribution is -0.116. The van der Waals surface area contributed by atoms with Gasteiger partial charge < -0.3 is 10.2 Å². The van der Waals surface area contributed by atoms with Gasteiger partial charge in [0.2, 0.25) is 15.9 Å². The maximum Gasteiger partial charge on any atom is 0.242 e. The summed E-state index contributed by atoms with van der Waals surface area (Å²) in [7, 11) is -0.652. The number of nitrogens with zero attached hydrogens (tertiary/aromatic N) is 2. The fourth-order valence-corrected chi connectivity index (χ4v) is 4.03. The predicted octanol–water partition coefficient (Wildman–Crippen LogP) is 2.65. The number of carbonyl (C=O) groups excluding carboxylic acids is 1. The average molecular weight is 388 g/mol. The molecule has 0 bridgehead atoms. The van der Waals surface area contributed by atoms with Gasteiger partial charge in [-0.25, -0.2) is 12.7 Å². The standard InChI is InChI=1S/C17H26ClN3O3S/c1-13-5-4-9-21(12-13)10-8-17(22)19-16-11-14(6-7-15(16)18)25(23,24)20(2)3/h6-7,11,13H,4-5,8-10,12H2,1-3H3,(H,19,22). The topological polar surface area (TPSA) is 69.7 Å². The Balaban J connectivity index is 2.00. The normalized spacial score (nSPS) is 19.2. The van der Waals surface area contributed by atoms with Crippen molar-refractivity contribution in [3.63, 3.8) is 0 Å². The van der Waals surface area contributed by atoms with E-state index in [4.69, 9.17) is 11.6 Å². The van der Waals surface area contributed by atoms with Gasteiger partial charge in [-0.05, 0) is 43.5 Å². The van der Waals surface area contributed by atoms with Crippen molar-refractivity contribution in [1.82, 2.24) is 9.21 Å². The van der Waals surface area contributed by atoms with Crippen LogP contribution in [0.3, 0.4) is 0 Å². The Morgan fingerprint density at radius 1 is 1.40 bits per heavy atom. The number of hydrogen-bond acceptors (Lipinski definition) is 4. The van der Waals surface area contributed by atoms with E-state index in [1.54, 1.807) is 0 Å². The van der Waals surface area contributed by atoms with E-state index in [0.717, 1.165) is 17.4 Å². The highest BCUT2D eigenvalue weighted by atomic mass is 35.5. The molecule has 1 aromatic carbocycles. The lowest BCUT2D eigenvalue weighted by Gasteiger charge is -2.30. The molecule has 1 aliphatic rings. The molecular weight excluding hydrogens is 362 g/mol. The maximum absolute atomic E-state index is 12.2. The van der Waals surface area contributed by atoms with Crippen LogP contribution in [0.4, 0.5) is 5.69 Å². The fraction of sp³-hybridized carbons (Fsp3) is 0.588. The van der Waals surface area contributed by atoms with Gasteiger partial charge in [0, 0.05) is 33.6 Å². The minimum Gasteiger partial charge on any atom is -0.325 e. The lowest BCUT2D eigenvalue weighted by Crippen LogP contribution is -2.36. The highest BCUT2D eigenvalue weighted by molar-refractivity contribution is 7.89. The number of rotatable bonds is 6. The second-order valence-electron chi connectivity index (χ2n) is 6.78. The minimum absolute atomic E-state index is 0.0991. The zero-order valence-corrected chi connectivity index (χ0v) is 16.5. The second-order valence-corrected chi connectivity index (χ2v) is 9.33. The van der Waals surface area contributed by atoms with Gasteiger partial charge in [-0.3, -0.25) is 4.79 Å². The zero-order chi connectivity index (χ0) is 18.6. The van der Waals surface area contributed by atoms with Gasteiger partial charge in [0.05, 0.1) is 15.6 Å². The molecule has 1 amide bonds. The summed E-state index contributed by atoms with van der Waals surface area (Å²) in [5.41, 5.74) is 0.321. The Kier molecular flexibility index (Phi) is 6.85. The van der Waals surface area contributed by atoms with Gasteiger partial charge in [-0.15, -0.1) is 0 Å². The summed E-state index contributed by atoms with van der Waals surface area (Å²) >= 11 is 6.10. The molecule has 25 heavy (non-hydrogen) atoms. The Hall–Kier alpha value is -1.15. The molecule has 0 aromatic heterocycles. The summed E-state index contributed by atoms with van der Waals surface area (Å²) < 4.78 is 25.5. The van der Waals surface area contributed by atoms with Crippen LogP contribution in [0.25, 0.3) is 0 Å². The number of hydrogen-bond donors (Lipinski definition) is 1. The van der Waals surface area contributed by atoms with E-state index >= 15 is 0 Å². The first-order chi connectivity index (χ1) is 11.7. The van der Waals surface area contributed by atoms with Crippen molar-refractivity contribution in [3.8, 4) is 0 Å². The molecule has 0 spiro atoms. The number of amides is 1. The van der Waals surface area contributed by atoms with Gasteiger partial charge in [-0.1, -0.05) is 18.5 Å². The Morgan fingerprint density at radius 3 is 2.76 bits per heavy atom. The van der Waals surface area contributed by atoms with Gasteiger partial charge in [0.15, 0.2) is 0 Å². The number of nitrogens with one attached hydrogen (secondary N) is 1. The van der Waals surface area contributed by atoms with Crippen molar-refractivity contribution >= 4 is 33.2 Å². The number of anilines is 1. The van der Waals surface area contributed by atoms with Crippen molar-refractivity contribution in [2.75, 3.05) is 39.0 Å². The molecule has 6 nitrogen and oxygen atoms in total. The Bertz CT molecular complexity index is 722. The summed E-state index contributed by atoms with van der Waals surface area (Å²) in [6.07, 6.45) is 2.76. The zero-order valence-electron chi connectivity index (χ0n) is 15.0. The molecule has 8 heteroatoms. The first-order valence-electron chi connectivity index (χ1n) is 8.44. The van der Waals surface area contributed by atoms with E-state index in [0.29, 0.717) is 29.6 Å². The summed E-state index contributed by atoms with van der Waals surface area (Å²) in [6.45, 7) is 4.96. The molecule has 0 radical (unpaired) electrons. The van der Waals surface area contributed by atoms with Crippen molar-refractivity contribution in [3.05, 3.63) is 23.2 Å². The first kappa shape index (κ1) is 20.2. The van der Waals surface area contributed by atoms with Crippen LogP contribution in [0.15, 0.2) is 23.1 Å². The molecule has 1 aliphatic heterocycles. The third-order valence-electron chi connectivity index (χ3n) is 4.39. The monoisotopic (exact) mass is 387 g/mol. The van der Waals surface area contributed by atoms with E-state index < -0.39 is 10.0 Å². The number of benzene rings is 1. The number of halogens is 1. The molecule has 1 aromatic rings. The second kappa shape index (κ2) is 8.49. The maximum atomic E-state index is 12.2. The molecule has 0 saturated carbocycles. The minimum atomic E-state index is -3.57. The molecule has 1 N–H and O–H groups in total. The Morgan fingerprint density at radius 2 is 2.12 bits per heavy atom. The number of carbonyl (C=O) groups is 1. The molecule has 1 fully saturated rings. The van der Waals surface area contributed by atoms with Crippen molar-refractivity contribution < 1.29 is 13.2 Å². The molecule has 1 heterocycles. The van der Waals surface area contributed by atoms with E-state index in [1.165, 1.54) is 45.1 Å². The van der Waals surface area contributed by atoms with Crippen LogP contribution >= 0.6 is 11.6 Å². The van der Waals surface area contributed by atoms with Crippen LogP contribution in [-0.2, 0) is 14.8 Å². The van der Waals surface area contributed by atoms with Crippen LogP contribution in [0.1, 0.15) is 26.2 Å². The third-order valence-corrected chi connectivity index (χ3v) is 6.53. The largest absolute Gasteiger partial charge is 0.325 e. The number of sulfonamides is 1. The number of likely N-dealkylation sites (tertiary alicyclic amines) is 1. The Labute approximate surface area is 155 Å². The van der Waals surface area contributed by atoms with Gasteiger partial charge in [-0.2, -0.15) is 0 Å². The van der Waals surface area contributed by atoms with Gasteiger partial charge >= 0.3 is 0 Å². The molecule has 1 atom stereocenters. The van der Waals surface area contributed by atoms with Crippen molar-refractivity contribution in [1.29, 1.82) is 0 Å².